The zero-order valence-corrected chi connectivity index (χ0v) is 18.0. The van der Waals surface area contributed by atoms with Crippen molar-refractivity contribution >= 4 is 18.1 Å². The number of aliphatic imine (C=N–C) groups is 1. The second-order valence-electron chi connectivity index (χ2n) is 8.09. The molecular formula is C22H32N2O5. The van der Waals surface area contributed by atoms with Crippen LogP contribution >= 0.6 is 0 Å². The van der Waals surface area contributed by atoms with Crippen LogP contribution in [0.2, 0.25) is 0 Å². The summed E-state index contributed by atoms with van der Waals surface area (Å²) in [6, 6.07) is 8.40. The minimum absolute atomic E-state index is 0.00974. The van der Waals surface area contributed by atoms with E-state index >= 15 is 0 Å². The smallest absolute Gasteiger partial charge is 0.410 e. The number of nitrogens with zero attached hydrogens (tertiary/aromatic N) is 2. The molecule has 7 nitrogen and oxygen atoms in total. The molecular weight excluding hydrogens is 372 g/mol. The van der Waals surface area contributed by atoms with Crippen LogP contribution in [0, 0.1) is 0 Å². The van der Waals surface area contributed by atoms with Crippen molar-refractivity contribution in [2.24, 2.45) is 4.99 Å². The van der Waals surface area contributed by atoms with Gasteiger partial charge in [0.1, 0.15) is 12.2 Å². The van der Waals surface area contributed by atoms with Gasteiger partial charge in [0.25, 0.3) is 0 Å². The van der Waals surface area contributed by atoms with Gasteiger partial charge in [-0.3, -0.25) is 0 Å². The Bertz CT molecular complexity index is 691. The number of isocyanates is 1. The summed E-state index contributed by atoms with van der Waals surface area (Å²) in [5.41, 5.74) is 0.302. The van der Waals surface area contributed by atoms with E-state index in [9.17, 15) is 14.4 Å². The molecule has 0 heterocycles. The summed E-state index contributed by atoms with van der Waals surface area (Å²) in [4.78, 5) is 40.5. The van der Waals surface area contributed by atoms with Crippen LogP contribution in [0.1, 0.15) is 59.4 Å². The van der Waals surface area contributed by atoms with Crippen molar-refractivity contribution in [2.45, 2.75) is 78.2 Å². The molecule has 29 heavy (non-hydrogen) atoms. The van der Waals surface area contributed by atoms with Crippen molar-refractivity contribution < 1.29 is 23.9 Å². The largest absolute Gasteiger partial charge is 0.459 e. The fourth-order valence-electron chi connectivity index (χ4n) is 2.62. The molecule has 7 heteroatoms. The average molecular weight is 405 g/mol. The van der Waals surface area contributed by atoms with E-state index in [0.29, 0.717) is 25.8 Å². The molecule has 0 aliphatic heterocycles. The van der Waals surface area contributed by atoms with Gasteiger partial charge in [-0.2, -0.15) is 4.99 Å². The van der Waals surface area contributed by atoms with Gasteiger partial charge >= 0.3 is 12.1 Å². The highest BCUT2D eigenvalue weighted by Crippen LogP contribution is 2.14. The average Bonchev–Trinajstić information content (AvgIpc) is 2.64. The van der Waals surface area contributed by atoms with Gasteiger partial charge in [-0.05, 0) is 59.4 Å². The lowest BCUT2D eigenvalue weighted by Gasteiger charge is -2.30. The second-order valence-corrected chi connectivity index (χ2v) is 8.09. The van der Waals surface area contributed by atoms with Gasteiger partial charge < -0.3 is 14.4 Å². The van der Waals surface area contributed by atoms with Crippen LogP contribution in [-0.2, 0) is 25.7 Å². The van der Waals surface area contributed by atoms with Crippen LogP contribution in [0.4, 0.5) is 4.79 Å². The number of hydrogen-bond acceptors (Lipinski definition) is 6. The first kappa shape index (κ1) is 24.4. The molecule has 160 valence electrons. The van der Waals surface area contributed by atoms with Gasteiger partial charge in [0.15, 0.2) is 6.04 Å². The molecule has 0 aliphatic rings. The second kappa shape index (κ2) is 12.0. The lowest BCUT2D eigenvalue weighted by atomic mass is 10.1. The lowest BCUT2D eigenvalue weighted by Crippen LogP contribution is -2.41. The number of hydrogen-bond donors (Lipinski definition) is 0. The Hall–Kier alpha value is -2.66. The predicted octanol–water partition coefficient (Wildman–Crippen LogP) is 4.25. The number of benzene rings is 1. The Labute approximate surface area is 173 Å². The van der Waals surface area contributed by atoms with Crippen molar-refractivity contribution in [3.05, 3.63) is 35.9 Å². The molecule has 1 amide bonds. The van der Waals surface area contributed by atoms with Crippen molar-refractivity contribution in [3.63, 3.8) is 0 Å². The number of carbonyl (C=O) groups excluding carboxylic acids is 3. The molecule has 0 saturated heterocycles. The van der Waals surface area contributed by atoms with E-state index in [1.807, 2.05) is 65.0 Å². The molecule has 1 rings (SSSR count). The molecule has 0 radical (unpaired) electrons. The molecule has 0 spiro atoms. The monoisotopic (exact) mass is 404 g/mol. The van der Waals surface area contributed by atoms with E-state index in [0.717, 1.165) is 5.56 Å². The van der Waals surface area contributed by atoms with Crippen LogP contribution in [0.5, 0.6) is 0 Å². The highest BCUT2D eigenvalue weighted by Gasteiger charge is 2.24. The quantitative estimate of drug-likeness (QED) is 0.252. The van der Waals surface area contributed by atoms with E-state index in [2.05, 4.69) is 4.99 Å². The topological polar surface area (TPSA) is 85.3 Å². The number of amides is 1. The van der Waals surface area contributed by atoms with Gasteiger partial charge in [0, 0.05) is 12.6 Å². The first-order valence-electron chi connectivity index (χ1n) is 9.91. The lowest BCUT2D eigenvalue weighted by molar-refractivity contribution is -0.146. The zero-order valence-electron chi connectivity index (χ0n) is 18.0. The molecule has 0 fully saturated rings. The van der Waals surface area contributed by atoms with Crippen LogP contribution in [0.15, 0.2) is 35.3 Å². The zero-order chi connectivity index (χ0) is 21.9. The first-order valence-corrected chi connectivity index (χ1v) is 9.91. The maximum absolute atomic E-state index is 12.3. The molecule has 0 N–H and O–H groups in total. The predicted molar refractivity (Wildman–Crippen MR) is 110 cm³/mol. The van der Waals surface area contributed by atoms with Gasteiger partial charge in [0.2, 0.25) is 6.08 Å². The van der Waals surface area contributed by atoms with Crippen LogP contribution < -0.4 is 0 Å². The molecule has 1 aromatic carbocycles. The summed E-state index contributed by atoms with van der Waals surface area (Å²) < 4.78 is 10.7. The van der Waals surface area contributed by atoms with Crippen molar-refractivity contribution in [1.82, 2.24) is 4.90 Å². The van der Waals surface area contributed by atoms with Crippen molar-refractivity contribution in [2.75, 3.05) is 6.54 Å². The molecule has 1 atom stereocenters. The minimum atomic E-state index is -0.884. The fraction of sp³-hybridized carbons (Fsp3) is 0.591. The molecule has 0 aliphatic carbocycles. The number of carbonyl (C=O) groups is 2. The number of esters is 1. The molecule has 0 saturated carbocycles. The molecule has 0 bridgehead atoms. The van der Waals surface area contributed by atoms with Gasteiger partial charge in [-0.1, -0.05) is 30.3 Å². The van der Waals surface area contributed by atoms with Crippen molar-refractivity contribution in [1.29, 1.82) is 0 Å². The van der Waals surface area contributed by atoms with Gasteiger partial charge in [-0.25, -0.2) is 14.4 Å². The van der Waals surface area contributed by atoms with Gasteiger partial charge in [-0.15, -0.1) is 0 Å². The highest BCUT2D eigenvalue weighted by molar-refractivity contribution is 5.76. The van der Waals surface area contributed by atoms with Crippen LogP contribution in [0.3, 0.4) is 0 Å². The standard InChI is InChI=1S/C22H32N2O5/c1-17(2)24(21(27)29-22(3,4)5)14-10-9-13-19(23-16-25)20(26)28-15-18-11-7-6-8-12-18/h6-8,11-12,17,19H,9-10,13-15H2,1-5H3. The third-order valence-corrected chi connectivity index (χ3v) is 4.08. The maximum atomic E-state index is 12.3. The Morgan fingerprint density at radius 1 is 1.14 bits per heavy atom. The Kier molecular flexibility index (Phi) is 10.1. The fourth-order valence-corrected chi connectivity index (χ4v) is 2.62. The Morgan fingerprint density at radius 3 is 2.34 bits per heavy atom. The molecule has 0 aromatic heterocycles. The van der Waals surface area contributed by atoms with Gasteiger partial charge in [0.05, 0.1) is 0 Å². The van der Waals surface area contributed by atoms with E-state index in [4.69, 9.17) is 9.47 Å². The minimum Gasteiger partial charge on any atom is -0.459 e. The van der Waals surface area contributed by atoms with Crippen molar-refractivity contribution in [3.8, 4) is 0 Å². The summed E-state index contributed by atoms with van der Waals surface area (Å²) >= 11 is 0. The highest BCUT2D eigenvalue weighted by atomic mass is 16.6. The number of ether oxygens (including phenoxy) is 2. The van der Waals surface area contributed by atoms with E-state index in [-0.39, 0.29) is 18.7 Å². The van der Waals surface area contributed by atoms with E-state index in [1.54, 1.807) is 4.90 Å². The maximum Gasteiger partial charge on any atom is 0.410 e. The SMILES string of the molecule is CC(C)N(CCCCC(N=C=O)C(=O)OCc1ccccc1)C(=O)OC(C)(C)C. The summed E-state index contributed by atoms with van der Waals surface area (Å²) in [7, 11) is 0. The third-order valence-electron chi connectivity index (χ3n) is 4.08. The normalized spacial score (nSPS) is 12.1. The summed E-state index contributed by atoms with van der Waals surface area (Å²) in [5.74, 6) is -0.551. The number of unbranched alkanes of at least 4 members (excludes halogenated alkanes) is 1. The third kappa shape index (κ3) is 9.90. The van der Waals surface area contributed by atoms with Crippen LogP contribution in [-0.4, -0.2) is 47.3 Å². The van der Waals surface area contributed by atoms with E-state index < -0.39 is 17.6 Å². The molecule has 1 aromatic rings. The Morgan fingerprint density at radius 2 is 1.79 bits per heavy atom. The molecule has 1 unspecified atom stereocenters. The van der Waals surface area contributed by atoms with Crippen LogP contribution in [0.25, 0.3) is 0 Å². The Balaban J connectivity index is 2.50. The van der Waals surface area contributed by atoms with E-state index in [1.165, 1.54) is 6.08 Å². The summed E-state index contributed by atoms with van der Waals surface area (Å²) in [6.07, 6.45) is 2.68. The summed E-state index contributed by atoms with van der Waals surface area (Å²) in [5, 5.41) is 0. The number of rotatable bonds is 10. The summed E-state index contributed by atoms with van der Waals surface area (Å²) in [6.45, 7) is 9.94. The first-order chi connectivity index (χ1) is 13.6.